The normalized spacial score (nSPS) is 19.0. The molecule has 0 aliphatic carbocycles. The second kappa shape index (κ2) is 23.7. The summed E-state index contributed by atoms with van der Waals surface area (Å²) in [6.07, 6.45) is 16.7. The van der Waals surface area contributed by atoms with Crippen LogP contribution < -0.4 is 26.0 Å². The van der Waals surface area contributed by atoms with Crippen molar-refractivity contribution >= 4 is 68.1 Å². The molecular formula is C48H62ClFN8O6S. The van der Waals surface area contributed by atoms with Crippen molar-refractivity contribution in [1.29, 1.82) is 0 Å². The van der Waals surface area contributed by atoms with E-state index in [0.717, 1.165) is 73.0 Å². The van der Waals surface area contributed by atoms with Crippen molar-refractivity contribution in [3.63, 3.8) is 0 Å². The zero-order valence-electron chi connectivity index (χ0n) is 36.9. The molecule has 1 amide bonds. The van der Waals surface area contributed by atoms with E-state index in [1.807, 2.05) is 24.4 Å². The number of carbonyl (C=O) groups is 1. The average molecular weight is 934 g/mol. The minimum absolute atomic E-state index is 0.00768. The minimum Gasteiger partial charge on any atom is -0.495 e. The van der Waals surface area contributed by atoms with Gasteiger partial charge in [-0.3, -0.25) is 15.0 Å². The number of halogens is 2. The highest BCUT2D eigenvalue weighted by Gasteiger charge is 2.31. The summed E-state index contributed by atoms with van der Waals surface area (Å²) < 4.78 is 21.0. The lowest BCUT2D eigenvalue weighted by atomic mass is 10.0. The quantitative estimate of drug-likeness (QED) is 0.0143. The van der Waals surface area contributed by atoms with Crippen LogP contribution >= 0.6 is 23.4 Å². The summed E-state index contributed by atoms with van der Waals surface area (Å²) in [5.41, 5.74) is 1.73. The Labute approximate surface area is 389 Å². The van der Waals surface area contributed by atoms with Crippen LogP contribution in [0, 0.1) is 5.82 Å². The first-order valence-corrected chi connectivity index (χ1v) is 24.2. The molecule has 2 aliphatic rings. The maximum atomic E-state index is 13.7. The predicted octanol–water partition coefficient (Wildman–Crippen LogP) is 8.57. The van der Waals surface area contributed by atoms with Gasteiger partial charge >= 0.3 is 0 Å². The fourth-order valence-corrected chi connectivity index (χ4v) is 9.91. The number of ether oxygens (including phenoxy) is 1. The third kappa shape index (κ3) is 13.2. The number of piperidine rings is 2. The molecule has 17 heteroatoms. The Morgan fingerprint density at radius 1 is 0.985 bits per heavy atom. The first-order valence-electron chi connectivity index (χ1n) is 22.8. The van der Waals surface area contributed by atoms with E-state index in [2.05, 4.69) is 42.2 Å². The van der Waals surface area contributed by atoms with Crippen LogP contribution in [0.25, 0.3) is 21.7 Å². The van der Waals surface area contributed by atoms with Gasteiger partial charge in [0.1, 0.15) is 42.4 Å². The summed E-state index contributed by atoms with van der Waals surface area (Å²) in [5.74, 6) is 1.76. The van der Waals surface area contributed by atoms with Crippen LogP contribution in [0.5, 0.6) is 11.6 Å². The summed E-state index contributed by atoms with van der Waals surface area (Å²) in [6.45, 7) is 2.39. The third-order valence-electron chi connectivity index (χ3n) is 12.3. The number of hydrogen-bond acceptors (Lipinski definition) is 13. The number of rotatable bonds is 22. The predicted molar refractivity (Wildman–Crippen MR) is 256 cm³/mol. The molecule has 3 aromatic carbocycles. The fourth-order valence-electron chi connectivity index (χ4n) is 8.67. The van der Waals surface area contributed by atoms with Crippen LogP contribution in [-0.4, -0.2) is 103 Å². The molecule has 0 radical (unpaired) electrons. The number of carbonyl (C=O) groups excluding carboxylic acids is 1. The van der Waals surface area contributed by atoms with Gasteiger partial charge in [0, 0.05) is 71.1 Å². The Bertz CT molecular complexity index is 2380. The molecule has 0 spiro atoms. The van der Waals surface area contributed by atoms with E-state index >= 15 is 0 Å². The molecule has 5 aromatic rings. The number of aliphatic hydroxyl groups excluding tert-OH is 3. The van der Waals surface area contributed by atoms with Gasteiger partial charge in [-0.15, -0.1) is 11.8 Å². The molecular weight excluding hydrogens is 871 g/mol. The maximum absolute atomic E-state index is 13.7. The minimum atomic E-state index is -0.990. The number of fused-ring (bicyclic) bond motifs is 2. The van der Waals surface area contributed by atoms with E-state index in [4.69, 9.17) is 16.3 Å². The molecule has 2 aliphatic heterocycles. The van der Waals surface area contributed by atoms with E-state index in [1.165, 1.54) is 44.1 Å². The molecule has 4 heterocycles. The molecule has 2 saturated heterocycles. The highest BCUT2D eigenvalue weighted by atomic mass is 35.5. The van der Waals surface area contributed by atoms with Gasteiger partial charge in [-0.2, -0.15) is 0 Å². The molecule has 4 unspecified atom stereocenters. The van der Waals surface area contributed by atoms with Gasteiger partial charge < -0.3 is 45.7 Å². The Hall–Kier alpha value is -4.68. The van der Waals surface area contributed by atoms with Crippen molar-refractivity contribution in [2.24, 2.45) is 0 Å². The second-order valence-electron chi connectivity index (χ2n) is 17.0. The Balaban J connectivity index is 0.729. The van der Waals surface area contributed by atoms with Crippen LogP contribution in [0.4, 0.5) is 21.6 Å². The summed E-state index contributed by atoms with van der Waals surface area (Å²) in [4.78, 5) is 24.9. The summed E-state index contributed by atoms with van der Waals surface area (Å²) in [6, 6.07) is 13.7. The number of anilines is 3. The van der Waals surface area contributed by atoms with Gasteiger partial charge in [0.2, 0.25) is 5.91 Å². The highest BCUT2D eigenvalue weighted by molar-refractivity contribution is 7.99. The number of aliphatic hydroxyl groups is 3. The van der Waals surface area contributed by atoms with Crippen LogP contribution in [0.3, 0.4) is 0 Å². The van der Waals surface area contributed by atoms with Crippen molar-refractivity contribution in [3.05, 3.63) is 84.0 Å². The lowest BCUT2D eigenvalue weighted by Gasteiger charge is -2.33. The number of nitrogens with zero attached hydrogens (tertiary/aromatic N) is 4. The number of unbranched alkanes of at least 4 members (excludes halogenated alkanes) is 7. The lowest BCUT2D eigenvalue weighted by Crippen LogP contribution is -2.47. The number of likely N-dealkylation sites (tertiary alicyclic amines) is 1. The second-order valence-corrected chi connectivity index (χ2v) is 18.5. The molecule has 2 fully saturated rings. The van der Waals surface area contributed by atoms with Crippen molar-refractivity contribution in [2.45, 2.75) is 119 Å². The smallest absolute Gasteiger partial charge is 0.220 e. The van der Waals surface area contributed by atoms with Gasteiger partial charge in [-0.25, -0.2) is 14.4 Å². The number of amides is 1. The van der Waals surface area contributed by atoms with E-state index in [9.17, 15) is 29.6 Å². The van der Waals surface area contributed by atoms with Crippen LogP contribution in [-0.2, 0) is 4.79 Å². The molecule has 65 heavy (non-hydrogen) atoms. The molecule has 0 saturated carbocycles. The third-order valence-corrected chi connectivity index (χ3v) is 13.7. The van der Waals surface area contributed by atoms with Gasteiger partial charge in [0.25, 0.3) is 0 Å². The Morgan fingerprint density at radius 2 is 1.75 bits per heavy atom. The molecule has 8 N–H and O–H groups in total. The lowest BCUT2D eigenvalue weighted by molar-refractivity contribution is -0.122. The van der Waals surface area contributed by atoms with Gasteiger partial charge in [0.05, 0.1) is 29.4 Å². The number of hydrogen-bond donors (Lipinski definition) is 8. The van der Waals surface area contributed by atoms with Crippen molar-refractivity contribution in [2.75, 3.05) is 43.1 Å². The topological polar surface area (TPSA) is 189 Å². The first-order chi connectivity index (χ1) is 31.6. The fraction of sp³-hybridized carbons (Fsp3) is 0.479. The summed E-state index contributed by atoms with van der Waals surface area (Å²) in [7, 11) is 1.55. The monoisotopic (exact) mass is 932 g/mol. The summed E-state index contributed by atoms with van der Waals surface area (Å²) >= 11 is 7.78. The molecule has 350 valence electrons. The molecule has 2 aromatic heterocycles. The van der Waals surface area contributed by atoms with Crippen LogP contribution in [0.1, 0.15) is 89.5 Å². The Kier molecular flexibility index (Phi) is 17.6. The largest absolute Gasteiger partial charge is 0.495 e. The number of aromatic hydroxyl groups is 1. The van der Waals surface area contributed by atoms with Crippen molar-refractivity contribution in [3.8, 4) is 11.6 Å². The average Bonchev–Trinajstić information content (AvgIpc) is 3.63. The van der Waals surface area contributed by atoms with Crippen LogP contribution in [0.2, 0.25) is 5.02 Å². The molecule has 7 rings (SSSR count). The van der Waals surface area contributed by atoms with E-state index in [1.54, 1.807) is 47.7 Å². The SMILES string of the molecule is COc1cc2ncnc(Nc3ccc(F)c(Cl)c3)c2cc1NC(O)/C=C/CN1CCC(NC(=O)CCCCCCCCCCSc2cccc3c(O)n(C4CCC(O)NC4O)cc23)CC1. The molecule has 4 atom stereocenters. The Morgan fingerprint density at radius 3 is 2.51 bits per heavy atom. The van der Waals surface area contributed by atoms with Gasteiger partial charge in [-0.05, 0) is 86.8 Å². The van der Waals surface area contributed by atoms with E-state index in [0.29, 0.717) is 59.7 Å². The van der Waals surface area contributed by atoms with Gasteiger partial charge in [0.15, 0.2) is 5.88 Å². The standard InChI is InChI=1S/C48H62ClFN8O6S/c1-64-41-28-38-34(46(52-30-51-38)54-32-16-17-37(50)36(49)26-32)27-39(41)55-44(60)15-11-22-57-23-20-31(21-24-57)53-43(59)14-8-6-4-2-3-5-7-9-25-65-42-13-10-12-33-35(42)29-58(48(33)63)40-18-19-45(61)56-47(40)62/h10-13,15-17,26-31,40,44-45,47,55-56,60-63H,2-9,14,18-25H2,1H3,(H,53,59)(H,51,52,54)/b15-11+. The first kappa shape index (κ1) is 48.3. The maximum Gasteiger partial charge on any atom is 0.220 e. The van der Waals surface area contributed by atoms with Crippen LogP contribution in [0.15, 0.2) is 78.1 Å². The highest BCUT2D eigenvalue weighted by Crippen LogP contribution is 2.39. The van der Waals surface area contributed by atoms with E-state index < -0.39 is 24.5 Å². The number of nitrogens with one attached hydrogen (secondary N) is 4. The zero-order valence-corrected chi connectivity index (χ0v) is 38.5. The number of benzene rings is 3. The van der Waals surface area contributed by atoms with E-state index in [-0.39, 0.29) is 28.9 Å². The van der Waals surface area contributed by atoms with Crippen molar-refractivity contribution < 1.29 is 34.3 Å². The molecule has 14 nitrogen and oxygen atoms in total. The van der Waals surface area contributed by atoms with Gasteiger partial charge in [-0.1, -0.05) is 62.3 Å². The summed E-state index contributed by atoms with van der Waals surface area (Å²) in [5, 5.41) is 56.8. The number of thioether (sulfide) groups is 1. The zero-order chi connectivity index (χ0) is 45.7. The number of methoxy groups -OCH3 is 1. The number of aromatic nitrogens is 3. The van der Waals surface area contributed by atoms with Crippen molar-refractivity contribution in [1.82, 2.24) is 30.1 Å². The molecule has 0 bridgehead atoms.